The van der Waals surface area contributed by atoms with Crippen molar-refractivity contribution in [3.8, 4) is 12.3 Å². The van der Waals surface area contributed by atoms with E-state index in [2.05, 4.69) is 16.6 Å². The third-order valence-corrected chi connectivity index (χ3v) is 1.78. The summed E-state index contributed by atoms with van der Waals surface area (Å²) in [6.07, 6.45) is 5.23. The number of carbonyl (C=O) groups is 2. The zero-order valence-corrected chi connectivity index (χ0v) is 9.62. The molecule has 6 heteroatoms. The van der Waals surface area contributed by atoms with Crippen molar-refractivity contribution in [1.82, 2.24) is 15.5 Å². The molecule has 0 bridgehead atoms. The smallest absolute Gasteiger partial charge is 0.316 e. The number of nitrogens with zero attached hydrogens (tertiary/aromatic N) is 1. The number of nitrogens with one attached hydrogen (secondary N) is 2. The lowest BCUT2D eigenvalue weighted by Gasteiger charge is -2.13. The van der Waals surface area contributed by atoms with Crippen LogP contribution in [0.15, 0.2) is 0 Å². The van der Waals surface area contributed by atoms with Crippen LogP contribution in [0, 0.1) is 12.3 Å². The van der Waals surface area contributed by atoms with Crippen molar-refractivity contribution < 1.29 is 9.59 Å². The summed E-state index contributed by atoms with van der Waals surface area (Å²) in [4.78, 5) is 23.7. The lowest BCUT2D eigenvalue weighted by Crippen LogP contribution is -2.44. The van der Waals surface area contributed by atoms with Crippen molar-refractivity contribution >= 4 is 11.9 Å². The molecule has 1 atom stereocenters. The van der Waals surface area contributed by atoms with Gasteiger partial charge in [0.1, 0.15) is 0 Å². The average molecular weight is 226 g/mol. The second-order valence-electron chi connectivity index (χ2n) is 3.43. The van der Waals surface area contributed by atoms with Crippen LogP contribution in [0.25, 0.3) is 0 Å². The van der Waals surface area contributed by atoms with E-state index < -0.39 is 6.04 Å². The molecular weight excluding hydrogens is 208 g/mol. The van der Waals surface area contributed by atoms with Gasteiger partial charge in [0.05, 0.1) is 6.04 Å². The van der Waals surface area contributed by atoms with Crippen molar-refractivity contribution in [3.05, 3.63) is 0 Å². The fourth-order valence-corrected chi connectivity index (χ4v) is 0.864. The van der Waals surface area contributed by atoms with Gasteiger partial charge in [0.25, 0.3) is 0 Å². The van der Waals surface area contributed by atoms with E-state index in [1.165, 1.54) is 4.90 Å². The molecule has 0 aromatic rings. The molecule has 0 saturated carbocycles. The van der Waals surface area contributed by atoms with Crippen LogP contribution < -0.4 is 16.4 Å². The molecule has 0 fully saturated rings. The molecule has 0 aromatic heterocycles. The van der Waals surface area contributed by atoms with Crippen LogP contribution in [-0.4, -0.2) is 50.1 Å². The fraction of sp³-hybridized carbons (Fsp3) is 0.600. The lowest BCUT2D eigenvalue weighted by molar-refractivity contribution is -0.122. The predicted molar refractivity (Wildman–Crippen MR) is 61.5 cm³/mol. The van der Waals surface area contributed by atoms with E-state index in [1.54, 1.807) is 14.1 Å². The van der Waals surface area contributed by atoms with E-state index in [0.717, 1.165) is 0 Å². The largest absolute Gasteiger partial charge is 0.353 e. The Hall–Kier alpha value is -1.74. The normalized spacial score (nSPS) is 11.1. The standard InChI is InChI=1S/C10H18N4O2/c1-4-5-8(11)9(15)12-6-7-13-10(16)14(2)3/h1,8H,5-7,11H2,2-3H3,(H,12,15)(H,13,16). The van der Waals surface area contributed by atoms with Gasteiger partial charge in [-0.2, -0.15) is 0 Å². The Kier molecular flexibility index (Phi) is 6.72. The Morgan fingerprint density at radius 2 is 1.94 bits per heavy atom. The second kappa shape index (κ2) is 7.54. The summed E-state index contributed by atoms with van der Waals surface area (Å²) < 4.78 is 0. The number of terminal acetylenes is 1. The molecule has 0 aliphatic carbocycles. The third-order valence-electron chi connectivity index (χ3n) is 1.78. The number of hydrogen-bond acceptors (Lipinski definition) is 3. The van der Waals surface area contributed by atoms with Crippen molar-refractivity contribution in [3.63, 3.8) is 0 Å². The van der Waals surface area contributed by atoms with Gasteiger partial charge in [0.15, 0.2) is 0 Å². The summed E-state index contributed by atoms with van der Waals surface area (Å²) in [6.45, 7) is 0.683. The Morgan fingerprint density at radius 1 is 1.38 bits per heavy atom. The molecule has 0 spiro atoms. The zero-order chi connectivity index (χ0) is 12.6. The van der Waals surface area contributed by atoms with Crippen molar-refractivity contribution in [1.29, 1.82) is 0 Å². The first kappa shape index (κ1) is 14.3. The van der Waals surface area contributed by atoms with Crippen molar-refractivity contribution in [2.24, 2.45) is 5.73 Å². The first-order valence-corrected chi connectivity index (χ1v) is 4.91. The van der Waals surface area contributed by atoms with Gasteiger partial charge in [-0.1, -0.05) is 0 Å². The summed E-state index contributed by atoms with van der Waals surface area (Å²) in [7, 11) is 3.27. The zero-order valence-electron chi connectivity index (χ0n) is 9.62. The van der Waals surface area contributed by atoms with Crippen LogP contribution in [0.2, 0.25) is 0 Å². The van der Waals surface area contributed by atoms with Gasteiger partial charge in [-0.05, 0) is 0 Å². The predicted octanol–water partition coefficient (Wildman–Crippen LogP) is -1.28. The van der Waals surface area contributed by atoms with Gasteiger partial charge in [-0.3, -0.25) is 4.79 Å². The van der Waals surface area contributed by atoms with Crippen LogP contribution in [0.1, 0.15) is 6.42 Å². The van der Waals surface area contributed by atoms with Gasteiger partial charge >= 0.3 is 6.03 Å². The van der Waals surface area contributed by atoms with E-state index in [4.69, 9.17) is 12.2 Å². The van der Waals surface area contributed by atoms with E-state index in [9.17, 15) is 9.59 Å². The maximum Gasteiger partial charge on any atom is 0.316 e. The Labute approximate surface area is 95.5 Å². The highest BCUT2D eigenvalue weighted by Gasteiger charge is 2.10. The molecule has 0 aliphatic rings. The molecule has 6 nitrogen and oxygen atoms in total. The monoisotopic (exact) mass is 226 g/mol. The van der Waals surface area contributed by atoms with Gasteiger partial charge in [-0.25, -0.2) is 4.79 Å². The Balaban J connectivity index is 3.64. The lowest BCUT2D eigenvalue weighted by atomic mass is 10.2. The number of urea groups is 1. The maximum absolute atomic E-state index is 11.3. The quantitative estimate of drug-likeness (QED) is 0.403. The van der Waals surface area contributed by atoms with E-state index in [-0.39, 0.29) is 18.4 Å². The van der Waals surface area contributed by atoms with Crippen LogP contribution in [-0.2, 0) is 4.79 Å². The summed E-state index contributed by atoms with van der Waals surface area (Å²) >= 11 is 0. The number of rotatable bonds is 5. The molecule has 3 amide bonds. The van der Waals surface area contributed by atoms with Crippen LogP contribution in [0.3, 0.4) is 0 Å². The van der Waals surface area contributed by atoms with Crippen molar-refractivity contribution in [2.75, 3.05) is 27.2 Å². The van der Waals surface area contributed by atoms with E-state index in [1.807, 2.05) is 0 Å². The summed E-state index contributed by atoms with van der Waals surface area (Å²) in [6, 6.07) is -0.892. The molecule has 0 aromatic carbocycles. The second-order valence-corrected chi connectivity index (χ2v) is 3.43. The average Bonchev–Trinajstić information content (AvgIpc) is 2.23. The molecule has 0 aliphatic heterocycles. The summed E-state index contributed by atoms with van der Waals surface area (Å²) in [5.74, 6) is 2.00. The molecule has 0 rings (SSSR count). The highest BCUT2D eigenvalue weighted by molar-refractivity contribution is 5.81. The highest BCUT2D eigenvalue weighted by atomic mass is 16.2. The van der Waals surface area contributed by atoms with Crippen LogP contribution >= 0.6 is 0 Å². The van der Waals surface area contributed by atoms with Crippen LogP contribution in [0.4, 0.5) is 4.79 Å². The molecule has 0 radical (unpaired) electrons. The number of nitrogens with two attached hydrogens (primary N) is 1. The minimum Gasteiger partial charge on any atom is -0.353 e. The molecule has 0 saturated heterocycles. The topological polar surface area (TPSA) is 87.5 Å². The third kappa shape index (κ3) is 5.88. The first-order valence-electron chi connectivity index (χ1n) is 4.91. The summed E-state index contributed by atoms with van der Waals surface area (Å²) in [5.41, 5.74) is 5.47. The molecule has 1 unspecified atom stereocenters. The first-order chi connectivity index (χ1) is 7.49. The fourth-order valence-electron chi connectivity index (χ4n) is 0.864. The van der Waals surface area contributed by atoms with E-state index in [0.29, 0.717) is 13.1 Å². The van der Waals surface area contributed by atoms with Crippen molar-refractivity contribution in [2.45, 2.75) is 12.5 Å². The van der Waals surface area contributed by atoms with Crippen LogP contribution in [0.5, 0.6) is 0 Å². The van der Waals surface area contributed by atoms with Gasteiger partial charge < -0.3 is 21.3 Å². The molecular formula is C10H18N4O2. The maximum atomic E-state index is 11.3. The van der Waals surface area contributed by atoms with Gasteiger partial charge in [0.2, 0.25) is 5.91 Å². The minimum atomic E-state index is -0.686. The summed E-state index contributed by atoms with van der Waals surface area (Å²) in [5, 5.41) is 5.17. The SMILES string of the molecule is C#CCC(N)C(=O)NCCNC(=O)N(C)C. The van der Waals surface area contributed by atoms with E-state index >= 15 is 0 Å². The molecule has 90 valence electrons. The van der Waals surface area contributed by atoms with Gasteiger partial charge in [-0.15, -0.1) is 12.3 Å². The van der Waals surface area contributed by atoms with Gasteiger partial charge in [0, 0.05) is 33.6 Å². The number of carbonyl (C=O) groups excluding carboxylic acids is 2. The minimum absolute atomic E-state index is 0.204. The Bertz CT molecular complexity index is 283. The highest BCUT2D eigenvalue weighted by Crippen LogP contribution is 1.84. The number of amides is 3. The molecule has 0 heterocycles. The Morgan fingerprint density at radius 3 is 2.44 bits per heavy atom. The molecule has 4 N–H and O–H groups in total. The number of hydrogen-bond donors (Lipinski definition) is 3. The molecule has 16 heavy (non-hydrogen) atoms.